The van der Waals surface area contributed by atoms with Gasteiger partial charge in [-0.25, -0.2) is 0 Å². The van der Waals surface area contributed by atoms with Crippen LogP contribution >= 0.6 is 0 Å². The summed E-state index contributed by atoms with van der Waals surface area (Å²) >= 11 is 0. The SMILES string of the molecule is CCCC[C@H](C)C[C@H](O)/C=C/[C@@H]1[C@H]2CC(CCCCC(=O)NCCC(=O)OC)=C[C@H]2C[C@H]1O. The Kier molecular flexibility index (Phi) is 12.2. The van der Waals surface area contributed by atoms with Crippen molar-refractivity contribution in [1.82, 2.24) is 5.32 Å². The largest absolute Gasteiger partial charge is 0.469 e. The number of methoxy groups -OCH3 is 1. The molecule has 0 aromatic heterocycles. The molecule has 1 saturated carbocycles. The lowest BCUT2D eigenvalue weighted by molar-refractivity contribution is -0.140. The highest BCUT2D eigenvalue weighted by atomic mass is 16.5. The van der Waals surface area contributed by atoms with Gasteiger partial charge in [-0.15, -0.1) is 0 Å². The van der Waals surface area contributed by atoms with Crippen LogP contribution in [0, 0.1) is 23.7 Å². The van der Waals surface area contributed by atoms with Crippen LogP contribution in [0.5, 0.6) is 0 Å². The lowest BCUT2D eigenvalue weighted by atomic mass is 9.88. The number of hydrogen-bond acceptors (Lipinski definition) is 5. The van der Waals surface area contributed by atoms with Gasteiger partial charge in [-0.3, -0.25) is 9.59 Å². The number of amides is 1. The van der Waals surface area contributed by atoms with Crippen molar-refractivity contribution < 1.29 is 24.5 Å². The molecule has 0 spiro atoms. The Balaban J connectivity index is 1.68. The summed E-state index contributed by atoms with van der Waals surface area (Å²) < 4.78 is 4.56. The third-order valence-electron chi connectivity index (χ3n) is 7.23. The minimum absolute atomic E-state index is 0.0212. The normalized spacial score (nSPS) is 26.2. The van der Waals surface area contributed by atoms with E-state index < -0.39 is 6.10 Å². The minimum atomic E-state index is -0.435. The van der Waals surface area contributed by atoms with Crippen LogP contribution in [0.2, 0.25) is 0 Å². The number of aliphatic hydroxyl groups excluding tert-OH is 2. The molecule has 0 aromatic carbocycles. The van der Waals surface area contributed by atoms with Gasteiger partial charge >= 0.3 is 5.97 Å². The molecule has 2 rings (SSSR count). The van der Waals surface area contributed by atoms with Gasteiger partial charge in [0.1, 0.15) is 0 Å². The summed E-state index contributed by atoms with van der Waals surface area (Å²) in [5, 5.41) is 23.7. The Morgan fingerprint density at radius 1 is 1.27 bits per heavy atom. The topological polar surface area (TPSA) is 95.9 Å². The van der Waals surface area contributed by atoms with E-state index in [1.165, 1.54) is 25.5 Å². The molecule has 1 fully saturated rings. The first-order chi connectivity index (χ1) is 15.8. The van der Waals surface area contributed by atoms with Crippen LogP contribution in [-0.2, 0) is 14.3 Å². The average molecular weight is 464 g/mol. The van der Waals surface area contributed by atoms with Gasteiger partial charge in [-0.1, -0.05) is 56.9 Å². The smallest absolute Gasteiger partial charge is 0.307 e. The van der Waals surface area contributed by atoms with Crippen LogP contribution in [-0.4, -0.2) is 48.0 Å². The molecule has 3 N–H and O–H groups in total. The van der Waals surface area contributed by atoms with Gasteiger partial charge in [-0.2, -0.15) is 0 Å². The Bertz CT molecular complexity index is 673. The molecule has 0 saturated heterocycles. The molecule has 0 unspecified atom stereocenters. The Morgan fingerprint density at radius 2 is 2.06 bits per heavy atom. The van der Waals surface area contributed by atoms with Gasteiger partial charge in [0.2, 0.25) is 5.91 Å². The van der Waals surface area contributed by atoms with Gasteiger partial charge in [0.05, 0.1) is 25.7 Å². The summed E-state index contributed by atoms with van der Waals surface area (Å²) in [5.41, 5.74) is 1.44. The van der Waals surface area contributed by atoms with Crippen molar-refractivity contribution in [3.05, 3.63) is 23.8 Å². The number of carbonyl (C=O) groups excluding carboxylic acids is 2. The number of allylic oxidation sites excluding steroid dienone is 2. The van der Waals surface area contributed by atoms with E-state index in [4.69, 9.17) is 0 Å². The maximum Gasteiger partial charge on any atom is 0.307 e. The number of hydrogen-bond donors (Lipinski definition) is 3. The number of carbonyl (C=O) groups is 2. The maximum atomic E-state index is 11.9. The molecule has 33 heavy (non-hydrogen) atoms. The van der Waals surface area contributed by atoms with E-state index in [-0.39, 0.29) is 30.3 Å². The van der Waals surface area contributed by atoms with E-state index in [9.17, 15) is 19.8 Å². The van der Waals surface area contributed by atoms with Crippen molar-refractivity contribution >= 4 is 11.9 Å². The first kappa shape index (κ1) is 27.6. The number of rotatable bonds is 15. The van der Waals surface area contributed by atoms with E-state index >= 15 is 0 Å². The van der Waals surface area contributed by atoms with Gasteiger partial charge < -0.3 is 20.3 Å². The fourth-order valence-electron chi connectivity index (χ4n) is 5.34. The first-order valence-electron chi connectivity index (χ1n) is 12.9. The van der Waals surface area contributed by atoms with Gasteiger partial charge in [0.25, 0.3) is 0 Å². The van der Waals surface area contributed by atoms with Crippen LogP contribution < -0.4 is 5.32 Å². The standard InChI is InChI=1S/C27H45NO5/c1-4-5-8-19(2)15-22(29)11-12-23-24-17-20(16-21(24)18-25(23)30)9-6-7-10-26(31)28-14-13-27(32)33-3/h11-12,16,19,21-25,29-30H,4-10,13-15,17-18H2,1-3H3,(H,28,31)/b12-11+/t19-,21-,22+,23+,24-,25+/m0/s1. The first-order valence-corrected chi connectivity index (χ1v) is 12.9. The second kappa shape index (κ2) is 14.6. The Hall–Kier alpha value is -1.66. The number of fused-ring (bicyclic) bond motifs is 1. The summed E-state index contributed by atoms with van der Waals surface area (Å²) in [6, 6.07) is 0. The third kappa shape index (κ3) is 9.62. The molecular weight excluding hydrogens is 418 g/mol. The molecule has 6 atom stereocenters. The molecule has 188 valence electrons. The molecule has 6 heteroatoms. The van der Waals surface area contributed by atoms with Crippen LogP contribution in [0.4, 0.5) is 0 Å². The fourth-order valence-corrected chi connectivity index (χ4v) is 5.34. The second-order valence-corrected chi connectivity index (χ2v) is 10.1. The summed E-state index contributed by atoms with van der Waals surface area (Å²) in [6.45, 7) is 4.72. The minimum Gasteiger partial charge on any atom is -0.469 e. The number of aliphatic hydroxyl groups is 2. The van der Waals surface area contributed by atoms with Gasteiger partial charge in [-0.05, 0) is 56.3 Å². The van der Waals surface area contributed by atoms with Crippen LogP contribution in [0.15, 0.2) is 23.8 Å². The lowest BCUT2D eigenvalue weighted by Crippen LogP contribution is -2.25. The molecule has 0 aliphatic heterocycles. The van der Waals surface area contributed by atoms with Gasteiger partial charge in [0, 0.05) is 18.9 Å². The van der Waals surface area contributed by atoms with Crippen molar-refractivity contribution in [3.63, 3.8) is 0 Å². The zero-order valence-electron chi connectivity index (χ0n) is 20.8. The van der Waals surface area contributed by atoms with E-state index in [0.29, 0.717) is 30.7 Å². The maximum absolute atomic E-state index is 11.9. The lowest BCUT2D eigenvalue weighted by Gasteiger charge is -2.19. The van der Waals surface area contributed by atoms with Crippen molar-refractivity contribution in [1.29, 1.82) is 0 Å². The van der Waals surface area contributed by atoms with E-state index in [0.717, 1.165) is 44.9 Å². The summed E-state index contributed by atoms with van der Waals surface area (Å²) in [5.74, 6) is 1.14. The van der Waals surface area contributed by atoms with Crippen LogP contribution in [0.1, 0.15) is 84.5 Å². The van der Waals surface area contributed by atoms with Crippen molar-refractivity contribution in [2.75, 3.05) is 13.7 Å². The molecule has 6 nitrogen and oxygen atoms in total. The van der Waals surface area contributed by atoms with Crippen molar-refractivity contribution in [3.8, 4) is 0 Å². The number of ether oxygens (including phenoxy) is 1. The zero-order chi connectivity index (χ0) is 24.2. The van der Waals surface area contributed by atoms with E-state index in [1.807, 2.05) is 6.08 Å². The van der Waals surface area contributed by atoms with E-state index in [2.05, 4.69) is 36.1 Å². The van der Waals surface area contributed by atoms with Crippen molar-refractivity contribution in [2.24, 2.45) is 23.7 Å². The number of unbranched alkanes of at least 4 members (excludes halogenated alkanes) is 2. The Labute approximate surface area is 199 Å². The predicted molar refractivity (Wildman–Crippen MR) is 130 cm³/mol. The van der Waals surface area contributed by atoms with Crippen LogP contribution in [0.25, 0.3) is 0 Å². The fraction of sp³-hybridized carbons (Fsp3) is 0.778. The molecule has 2 aliphatic carbocycles. The predicted octanol–water partition coefficient (Wildman–Crippen LogP) is 4.30. The third-order valence-corrected chi connectivity index (χ3v) is 7.23. The molecule has 1 amide bonds. The molecular formula is C27H45NO5. The highest BCUT2D eigenvalue weighted by Gasteiger charge is 2.43. The second-order valence-electron chi connectivity index (χ2n) is 10.1. The molecule has 0 radical (unpaired) electrons. The molecule has 0 heterocycles. The average Bonchev–Trinajstić information content (AvgIpc) is 3.29. The molecule has 2 aliphatic rings. The van der Waals surface area contributed by atoms with E-state index in [1.54, 1.807) is 0 Å². The summed E-state index contributed by atoms with van der Waals surface area (Å²) in [7, 11) is 1.34. The zero-order valence-corrected chi connectivity index (χ0v) is 20.8. The summed E-state index contributed by atoms with van der Waals surface area (Å²) in [4.78, 5) is 22.9. The molecule has 0 aromatic rings. The van der Waals surface area contributed by atoms with Crippen LogP contribution in [0.3, 0.4) is 0 Å². The summed E-state index contributed by atoms with van der Waals surface area (Å²) in [6.07, 6.45) is 15.2. The highest BCUT2D eigenvalue weighted by molar-refractivity contribution is 5.76. The number of esters is 1. The quantitative estimate of drug-likeness (QED) is 0.191. The Morgan fingerprint density at radius 3 is 2.79 bits per heavy atom. The highest BCUT2D eigenvalue weighted by Crippen LogP contribution is 2.48. The van der Waals surface area contributed by atoms with Gasteiger partial charge in [0.15, 0.2) is 0 Å². The monoisotopic (exact) mass is 463 g/mol. The molecule has 0 bridgehead atoms. The van der Waals surface area contributed by atoms with Crippen molar-refractivity contribution in [2.45, 2.75) is 96.7 Å². The number of nitrogens with one attached hydrogen (secondary N) is 1.